The van der Waals surface area contributed by atoms with Crippen LogP contribution in [0.4, 0.5) is 0 Å². The molecule has 1 heterocycles. The minimum atomic E-state index is -1.15. The van der Waals surface area contributed by atoms with Gasteiger partial charge in [-0.15, -0.1) is 11.3 Å². The van der Waals surface area contributed by atoms with Crippen molar-refractivity contribution in [3.8, 4) is 10.6 Å². The molecule has 20 heavy (non-hydrogen) atoms. The summed E-state index contributed by atoms with van der Waals surface area (Å²) < 4.78 is 5.48. The van der Waals surface area contributed by atoms with Crippen LogP contribution >= 0.6 is 27.3 Å². The van der Waals surface area contributed by atoms with Crippen molar-refractivity contribution in [1.82, 2.24) is 4.98 Å². The number of aliphatic hydroxyl groups excluding tert-OH is 1. The van der Waals surface area contributed by atoms with E-state index >= 15 is 0 Å². The lowest BCUT2D eigenvalue weighted by Gasteiger charge is -2.08. The Labute approximate surface area is 128 Å². The zero-order valence-electron chi connectivity index (χ0n) is 10.7. The van der Waals surface area contributed by atoms with E-state index in [0.717, 1.165) is 15.0 Å². The molecule has 0 radical (unpaired) electrons. The van der Waals surface area contributed by atoms with Crippen molar-refractivity contribution in [2.75, 3.05) is 7.11 Å². The molecule has 2 rings (SSSR count). The predicted molar refractivity (Wildman–Crippen MR) is 81.4 cm³/mol. The number of carbonyl (C=O) groups excluding carboxylic acids is 1. The first-order valence-electron chi connectivity index (χ1n) is 5.69. The largest absolute Gasteiger partial charge is 0.466 e. The van der Waals surface area contributed by atoms with Gasteiger partial charge >= 0.3 is 5.97 Å². The molecule has 0 fully saturated rings. The molecule has 104 valence electrons. The van der Waals surface area contributed by atoms with Gasteiger partial charge in [0, 0.05) is 15.4 Å². The highest BCUT2D eigenvalue weighted by molar-refractivity contribution is 9.10. The third kappa shape index (κ3) is 3.15. The molecule has 2 aromatic rings. The van der Waals surface area contributed by atoms with Crippen molar-refractivity contribution in [3.05, 3.63) is 52.0 Å². The molecule has 0 spiro atoms. The van der Waals surface area contributed by atoms with Crippen LogP contribution in [0, 0.1) is 0 Å². The third-order valence-electron chi connectivity index (χ3n) is 2.65. The number of esters is 1. The summed E-state index contributed by atoms with van der Waals surface area (Å²) in [5.74, 6) is -0.644. The van der Waals surface area contributed by atoms with Crippen LogP contribution in [0.1, 0.15) is 11.8 Å². The van der Waals surface area contributed by atoms with Crippen molar-refractivity contribution in [2.24, 2.45) is 0 Å². The Balaban J connectivity index is 2.25. The maximum Gasteiger partial charge on any atom is 0.336 e. The van der Waals surface area contributed by atoms with Gasteiger partial charge in [0.05, 0.1) is 18.4 Å². The Bertz CT molecular complexity index is 653. The number of benzene rings is 1. The molecule has 1 N–H and O–H groups in total. The average molecular weight is 354 g/mol. The maximum absolute atomic E-state index is 11.3. The summed E-state index contributed by atoms with van der Waals surface area (Å²) in [6.45, 7) is 3.53. The second-order valence-electron chi connectivity index (χ2n) is 4.01. The quantitative estimate of drug-likeness (QED) is 0.676. The van der Waals surface area contributed by atoms with Crippen LogP contribution < -0.4 is 0 Å². The van der Waals surface area contributed by atoms with E-state index in [0.29, 0.717) is 5.69 Å². The topological polar surface area (TPSA) is 59.4 Å². The standard InChI is InChI=1S/C14H12BrNO3S/c1-8(14(18)19-2)12(17)11-7-20-13(16-11)9-4-3-5-10(15)6-9/h3-7,12,17H,1H2,2H3. The van der Waals surface area contributed by atoms with E-state index in [9.17, 15) is 9.90 Å². The van der Waals surface area contributed by atoms with Crippen molar-refractivity contribution in [2.45, 2.75) is 6.10 Å². The summed E-state index contributed by atoms with van der Waals surface area (Å²) in [6.07, 6.45) is -1.15. The van der Waals surface area contributed by atoms with Gasteiger partial charge in [0.15, 0.2) is 0 Å². The Hall–Kier alpha value is -1.50. The zero-order valence-corrected chi connectivity index (χ0v) is 13.1. The molecule has 1 aromatic heterocycles. The fourth-order valence-electron chi connectivity index (χ4n) is 1.59. The van der Waals surface area contributed by atoms with Crippen LogP contribution in [-0.2, 0) is 9.53 Å². The minimum absolute atomic E-state index is 0.0291. The van der Waals surface area contributed by atoms with Gasteiger partial charge in [-0.05, 0) is 12.1 Å². The fraction of sp³-hybridized carbons (Fsp3) is 0.143. The number of ether oxygens (including phenoxy) is 1. The molecular weight excluding hydrogens is 342 g/mol. The van der Waals surface area contributed by atoms with Gasteiger partial charge < -0.3 is 9.84 Å². The van der Waals surface area contributed by atoms with Crippen LogP contribution in [0.2, 0.25) is 0 Å². The Kier molecular flexibility index (Phi) is 4.69. The van der Waals surface area contributed by atoms with E-state index < -0.39 is 12.1 Å². The second-order valence-corrected chi connectivity index (χ2v) is 5.78. The molecule has 1 unspecified atom stereocenters. The van der Waals surface area contributed by atoms with Crippen molar-refractivity contribution in [3.63, 3.8) is 0 Å². The van der Waals surface area contributed by atoms with E-state index in [4.69, 9.17) is 0 Å². The van der Waals surface area contributed by atoms with E-state index in [1.165, 1.54) is 18.4 Å². The molecule has 0 amide bonds. The zero-order chi connectivity index (χ0) is 14.7. The van der Waals surface area contributed by atoms with Crippen molar-refractivity contribution >= 4 is 33.2 Å². The Morgan fingerprint density at radius 3 is 2.95 bits per heavy atom. The van der Waals surface area contributed by atoms with Crippen LogP contribution in [0.15, 0.2) is 46.3 Å². The number of methoxy groups -OCH3 is 1. The first kappa shape index (κ1) is 14.9. The van der Waals surface area contributed by atoms with Crippen LogP contribution in [0.5, 0.6) is 0 Å². The molecule has 1 aromatic carbocycles. The maximum atomic E-state index is 11.3. The molecule has 0 saturated heterocycles. The summed E-state index contributed by atoms with van der Waals surface area (Å²) >= 11 is 4.79. The number of thiazole rings is 1. The van der Waals surface area contributed by atoms with Gasteiger partial charge in [0.1, 0.15) is 11.1 Å². The normalized spacial score (nSPS) is 11.9. The number of halogens is 1. The number of aromatic nitrogens is 1. The van der Waals surface area contributed by atoms with Crippen LogP contribution in [0.3, 0.4) is 0 Å². The highest BCUT2D eigenvalue weighted by atomic mass is 79.9. The number of hydrogen-bond donors (Lipinski definition) is 1. The number of hydrogen-bond acceptors (Lipinski definition) is 5. The highest BCUT2D eigenvalue weighted by Gasteiger charge is 2.21. The monoisotopic (exact) mass is 353 g/mol. The number of rotatable bonds is 4. The first-order valence-corrected chi connectivity index (χ1v) is 7.36. The molecule has 6 heteroatoms. The smallest absolute Gasteiger partial charge is 0.336 e. The van der Waals surface area contributed by atoms with Crippen molar-refractivity contribution in [1.29, 1.82) is 0 Å². The van der Waals surface area contributed by atoms with E-state index in [1.54, 1.807) is 5.38 Å². The SMILES string of the molecule is C=C(C(=O)OC)C(O)c1csc(-c2cccc(Br)c2)n1. The number of carbonyl (C=O) groups is 1. The summed E-state index contributed by atoms with van der Waals surface area (Å²) in [6, 6.07) is 7.69. The number of nitrogens with zero attached hydrogens (tertiary/aromatic N) is 1. The Morgan fingerprint density at radius 1 is 1.55 bits per heavy atom. The second kappa shape index (κ2) is 6.30. The molecule has 0 aliphatic rings. The molecule has 0 aliphatic heterocycles. The molecular formula is C14H12BrNO3S. The summed E-state index contributed by atoms with van der Waals surface area (Å²) in [7, 11) is 1.24. The van der Waals surface area contributed by atoms with E-state index in [-0.39, 0.29) is 5.57 Å². The van der Waals surface area contributed by atoms with E-state index in [1.807, 2.05) is 24.3 Å². The lowest BCUT2D eigenvalue weighted by atomic mass is 10.1. The lowest BCUT2D eigenvalue weighted by molar-refractivity contribution is -0.137. The molecule has 0 bridgehead atoms. The summed E-state index contributed by atoms with van der Waals surface area (Å²) in [5.41, 5.74) is 1.30. The summed E-state index contributed by atoms with van der Waals surface area (Å²) in [4.78, 5) is 15.7. The van der Waals surface area contributed by atoms with Gasteiger partial charge in [-0.3, -0.25) is 0 Å². The average Bonchev–Trinajstić information content (AvgIpc) is 2.94. The highest BCUT2D eigenvalue weighted by Crippen LogP contribution is 2.30. The lowest BCUT2D eigenvalue weighted by Crippen LogP contribution is -2.12. The number of aliphatic hydroxyl groups is 1. The fourth-order valence-corrected chi connectivity index (χ4v) is 2.82. The van der Waals surface area contributed by atoms with Gasteiger partial charge in [0.2, 0.25) is 0 Å². The van der Waals surface area contributed by atoms with E-state index in [2.05, 4.69) is 32.2 Å². The van der Waals surface area contributed by atoms with Crippen LogP contribution in [-0.4, -0.2) is 23.2 Å². The molecule has 0 aliphatic carbocycles. The van der Waals surface area contributed by atoms with Gasteiger partial charge in [0.25, 0.3) is 0 Å². The van der Waals surface area contributed by atoms with Gasteiger partial charge in [-0.25, -0.2) is 9.78 Å². The predicted octanol–water partition coefficient (Wildman–Crippen LogP) is 3.34. The molecule has 1 atom stereocenters. The van der Waals surface area contributed by atoms with Gasteiger partial charge in [-0.2, -0.15) is 0 Å². The Morgan fingerprint density at radius 2 is 2.30 bits per heavy atom. The molecule has 0 saturated carbocycles. The third-order valence-corrected chi connectivity index (χ3v) is 4.05. The van der Waals surface area contributed by atoms with Crippen molar-refractivity contribution < 1.29 is 14.6 Å². The van der Waals surface area contributed by atoms with Crippen LogP contribution in [0.25, 0.3) is 10.6 Å². The first-order chi connectivity index (χ1) is 9.52. The minimum Gasteiger partial charge on any atom is -0.466 e. The van der Waals surface area contributed by atoms with Gasteiger partial charge in [-0.1, -0.05) is 34.6 Å². The molecule has 4 nitrogen and oxygen atoms in total. The summed E-state index contributed by atoms with van der Waals surface area (Å²) in [5, 5.41) is 12.5.